The summed E-state index contributed by atoms with van der Waals surface area (Å²) in [6.07, 6.45) is -0.926. The molecule has 1 aromatic carbocycles. The number of hydrogen-bond acceptors (Lipinski definition) is 8. The molecule has 5 N–H and O–H groups in total. The topological polar surface area (TPSA) is 166 Å². The van der Waals surface area contributed by atoms with Gasteiger partial charge in [0.05, 0.1) is 4.90 Å². The maximum absolute atomic E-state index is 12.1. The first-order valence-corrected chi connectivity index (χ1v) is 8.35. The number of methoxy groups -OCH3 is 1. The minimum absolute atomic E-state index is 0.0458. The fourth-order valence-electron chi connectivity index (χ4n) is 2.26. The number of nitro groups is 1. The third-order valence-corrected chi connectivity index (χ3v) is 4.46. The van der Waals surface area contributed by atoms with Gasteiger partial charge in [0.25, 0.3) is 6.04 Å². The van der Waals surface area contributed by atoms with Gasteiger partial charge in [-0.15, -0.1) is 0 Å². The molecule has 2 rings (SSSR count). The Labute approximate surface area is 137 Å². The molecular weight excluding hydrogens is 342 g/mol. The van der Waals surface area contributed by atoms with Crippen molar-refractivity contribution in [2.24, 2.45) is 5.14 Å². The van der Waals surface area contributed by atoms with Crippen LogP contribution in [-0.2, 0) is 26.1 Å². The molecule has 12 heteroatoms. The van der Waals surface area contributed by atoms with Crippen LogP contribution in [0.2, 0.25) is 0 Å². The van der Waals surface area contributed by atoms with Crippen molar-refractivity contribution in [1.29, 1.82) is 0 Å². The van der Waals surface area contributed by atoms with E-state index >= 15 is 0 Å². The molecule has 1 fully saturated rings. The van der Waals surface area contributed by atoms with Gasteiger partial charge < -0.3 is 10.1 Å². The molecule has 0 bridgehead atoms. The molecule has 1 aliphatic heterocycles. The predicted octanol–water partition coefficient (Wildman–Crippen LogP) is -1.96. The van der Waals surface area contributed by atoms with Crippen LogP contribution in [0.25, 0.3) is 0 Å². The Morgan fingerprint density at radius 2 is 2.00 bits per heavy atom. The average molecular weight is 359 g/mol. The summed E-state index contributed by atoms with van der Waals surface area (Å²) in [7, 11) is -2.49. The molecule has 132 valence electrons. The molecule has 1 amide bonds. The number of ether oxygens (including phenoxy) is 1. The van der Waals surface area contributed by atoms with Gasteiger partial charge >= 0.3 is 0 Å². The lowest BCUT2D eigenvalue weighted by molar-refractivity contribution is -0.532. The van der Waals surface area contributed by atoms with E-state index in [-0.39, 0.29) is 11.4 Å². The van der Waals surface area contributed by atoms with Gasteiger partial charge in [-0.2, -0.15) is 0 Å². The molecule has 1 aromatic rings. The van der Waals surface area contributed by atoms with Crippen LogP contribution in [0.5, 0.6) is 0 Å². The number of hydrazine groups is 1. The minimum atomic E-state index is -3.78. The zero-order valence-electron chi connectivity index (χ0n) is 12.6. The number of hydrogen-bond donors (Lipinski definition) is 4. The zero-order valence-corrected chi connectivity index (χ0v) is 13.4. The van der Waals surface area contributed by atoms with E-state index in [1.165, 1.54) is 31.4 Å². The average Bonchev–Trinajstić information content (AvgIpc) is 2.96. The lowest BCUT2D eigenvalue weighted by Crippen LogP contribution is -2.50. The molecule has 0 saturated carbocycles. The molecule has 11 nitrogen and oxygen atoms in total. The number of benzene rings is 1. The maximum Gasteiger partial charge on any atom is 0.278 e. The third kappa shape index (κ3) is 4.04. The van der Waals surface area contributed by atoms with Crippen LogP contribution >= 0.6 is 0 Å². The van der Waals surface area contributed by atoms with Gasteiger partial charge in [0.1, 0.15) is 0 Å². The summed E-state index contributed by atoms with van der Waals surface area (Å²) in [5, 5.41) is 18.6. The second-order valence-electron chi connectivity index (χ2n) is 5.11. The van der Waals surface area contributed by atoms with Crippen molar-refractivity contribution in [1.82, 2.24) is 16.2 Å². The molecule has 0 aliphatic carbocycles. The molecule has 0 radical (unpaired) electrons. The third-order valence-electron chi connectivity index (χ3n) is 3.53. The van der Waals surface area contributed by atoms with Crippen LogP contribution in [0.3, 0.4) is 0 Å². The molecule has 24 heavy (non-hydrogen) atoms. The number of nitrogens with zero attached hydrogens (tertiary/aromatic N) is 1. The highest BCUT2D eigenvalue weighted by atomic mass is 32.2. The van der Waals surface area contributed by atoms with Crippen LogP contribution in [0.4, 0.5) is 0 Å². The minimum Gasteiger partial charge on any atom is -0.358 e. The highest BCUT2D eigenvalue weighted by molar-refractivity contribution is 7.89. The summed E-state index contributed by atoms with van der Waals surface area (Å²) in [6, 6.07) is 3.22. The van der Waals surface area contributed by atoms with Crippen LogP contribution in [0, 0.1) is 10.1 Å². The fourth-order valence-corrected chi connectivity index (χ4v) is 2.78. The van der Waals surface area contributed by atoms with Crippen molar-refractivity contribution in [3.63, 3.8) is 0 Å². The first-order chi connectivity index (χ1) is 11.2. The molecule has 0 spiro atoms. The van der Waals surface area contributed by atoms with Gasteiger partial charge in [0.2, 0.25) is 15.9 Å². The number of rotatable bonds is 6. The van der Waals surface area contributed by atoms with Gasteiger partial charge in [-0.3, -0.25) is 14.9 Å². The van der Waals surface area contributed by atoms with E-state index in [1.54, 1.807) is 0 Å². The second-order valence-corrected chi connectivity index (χ2v) is 6.67. The molecular formula is C12H17N5O6S. The number of amides is 1. The standard InChI is InChI=1S/C12H17N5O6S/c1-23-12-10(17(19)20)9(15-16-12)11(18)14-6-7-2-4-8(5-3-7)24(13,21)22/h2-5,9-10,12,15-16H,6H2,1H3,(H,14,18)(H2,13,21,22). The predicted molar refractivity (Wildman–Crippen MR) is 81.3 cm³/mol. The number of primary sulfonamides is 1. The van der Waals surface area contributed by atoms with Gasteiger partial charge in [0.15, 0.2) is 12.3 Å². The van der Waals surface area contributed by atoms with Crippen LogP contribution in [0.1, 0.15) is 5.56 Å². The molecule has 3 unspecified atom stereocenters. The van der Waals surface area contributed by atoms with Crippen molar-refractivity contribution in [2.45, 2.75) is 29.8 Å². The van der Waals surface area contributed by atoms with Gasteiger partial charge in [-0.25, -0.2) is 24.4 Å². The molecule has 1 saturated heterocycles. The number of carbonyl (C=O) groups excluding carboxylic acids is 1. The number of carbonyl (C=O) groups is 1. The van der Waals surface area contributed by atoms with Crippen LogP contribution in [0.15, 0.2) is 29.2 Å². The molecule has 0 aromatic heterocycles. The summed E-state index contributed by atoms with van der Waals surface area (Å²) in [5.74, 6) is -0.584. The highest BCUT2D eigenvalue weighted by Gasteiger charge is 2.49. The first-order valence-electron chi connectivity index (χ1n) is 6.81. The lowest BCUT2D eigenvalue weighted by Gasteiger charge is -2.14. The maximum atomic E-state index is 12.1. The number of nitrogens with one attached hydrogen (secondary N) is 3. The summed E-state index contributed by atoms with van der Waals surface area (Å²) in [4.78, 5) is 22.6. The Hall–Kier alpha value is -2.12. The SMILES string of the molecule is COC1NNC(C(=O)NCc2ccc(S(N)(=O)=O)cc2)C1[N+](=O)[O-]. The van der Waals surface area contributed by atoms with Gasteiger partial charge in [0, 0.05) is 18.6 Å². The van der Waals surface area contributed by atoms with Gasteiger partial charge in [-0.05, 0) is 17.7 Å². The van der Waals surface area contributed by atoms with E-state index in [2.05, 4.69) is 16.2 Å². The van der Waals surface area contributed by atoms with E-state index in [4.69, 9.17) is 9.88 Å². The first kappa shape index (κ1) is 18.2. The molecule has 3 atom stereocenters. The Bertz CT molecular complexity index is 722. The van der Waals surface area contributed by atoms with E-state index in [9.17, 15) is 23.3 Å². The quantitative estimate of drug-likeness (QED) is 0.336. The Morgan fingerprint density at radius 3 is 2.50 bits per heavy atom. The van der Waals surface area contributed by atoms with Gasteiger partial charge in [-0.1, -0.05) is 12.1 Å². The Balaban J connectivity index is 1.99. The molecule has 1 heterocycles. The summed E-state index contributed by atoms with van der Waals surface area (Å²) < 4.78 is 27.2. The largest absolute Gasteiger partial charge is 0.358 e. The summed E-state index contributed by atoms with van der Waals surface area (Å²) >= 11 is 0. The summed E-state index contributed by atoms with van der Waals surface area (Å²) in [5.41, 5.74) is 5.68. The van der Waals surface area contributed by atoms with Crippen molar-refractivity contribution >= 4 is 15.9 Å². The van der Waals surface area contributed by atoms with Crippen molar-refractivity contribution in [2.75, 3.05) is 7.11 Å². The van der Waals surface area contributed by atoms with E-state index in [0.717, 1.165) is 0 Å². The number of sulfonamides is 1. The smallest absolute Gasteiger partial charge is 0.278 e. The van der Waals surface area contributed by atoms with Crippen LogP contribution in [-0.4, -0.2) is 44.7 Å². The molecule has 1 aliphatic rings. The van der Waals surface area contributed by atoms with Crippen molar-refractivity contribution in [3.05, 3.63) is 39.9 Å². The van der Waals surface area contributed by atoms with Crippen molar-refractivity contribution < 1.29 is 22.9 Å². The zero-order chi connectivity index (χ0) is 17.9. The van der Waals surface area contributed by atoms with Crippen molar-refractivity contribution in [3.8, 4) is 0 Å². The van der Waals surface area contributed by atoms with E-state index in [0.29, 0.717) is 5.56 Å². The monoisotopic (exact) mass is 359 g/mol. The normalized spacial score (nSPS) is 23.8. The highest BCUT2D eigenvalue weighted by Crippen LogP contribution is 2.12. The van der Waals surface area contributed by atoms with E-state index < -0.39 is 39.2 Å². The van der Waals surface area contributed by atoms with Crippen LogP contribution < -0.4 is 21.3 Å². The summed E-state index contributed by atoms with van der Waals surface area (Å²) in [6.45, 7) is 0.0734. The van der Waals surface area contributed by atoms with E-state index in [1.807, 2.05) is 0 Å². The number of nitrogens with two attached hydrogens (primary N) is 1. The lowest BCUT2D eigenvalue weighted by atomic mass is 10.1. The Kier molecular flexibility index (Phi) is 5.46. The fraction of sp³-hybridized carbons (Fsp3) is 0.417. The second kappa shape index (κ2) is 7.19. The Morgan fingerprint density at radius 1 is 1.38 bits per heavy atom.